The number of rotatable bonds is 6. The Morgan fingerprint density at radius 3 is 2.43 bits per heavy atom. The van der Waals surface area contributed by atoms with Gasteiger partial charge in [0.15, 0.2) is 6.61 Å². The van der Waals surface area contributed by atoms with Crippen molar-refractivity contribution in [2.75, 3.05) is 0 Å². The smallest absolute Gasteiger partial charge is 0.317 e. The number of hydrogen-bond acceptors (Lipinski definition) is 7. The zero-order chi connectivity index (χ0) is 19.7. The van der Waals surface area contributed by atoms with E-state index in [0.717, 1.165) is 5.56 Å². The number of hydrogen-bond donors (Lipinski definition) is 0. The molecular weight excluding hydrogens is 386 g/mol. The fraction of sp³-hybridized carbons (Fsp3) is 0.211. The Balaban J connectivity index is 1.41. The summed E-state index contributed by atoms with van der Waals surface area (Å²) >= 11 is 5.90. The van der Waals surface area contributed by atoms with Gasteiger partial charge in [-0.3, -0.25) is 14.9 Å². The van der Waals surface area contributed by atoms with Crippen LogP contribution in [0.25, 0.3) is 11.5 Å². The number of halogens is 1. The Labute approximate surface area is 164 Å². The maximum atomic E-state index is 12.6. The number of ether oxygens (including phenoxy) is 1. The van der Waals surface area contributed by atoms with Crippen molar-refractivity contribution >= 4 is 23.3 Å². The molecule has 1 saturated carbocycles. The Hall–Kier alpha value is -3.26. The number of nitro groups is 1. The molecule has 1 aliphatic rings. The first-order chi connectivity index (χ1) is 13.5. The summed E-state index contributed by atoms with van der Waals surface area (Å²) in [5, 5.41) is 19.1. The molecule has 0 saturated heterocycles. The van der Waals surface area contributed by atoms with E-state index >= 15 is 0 Å². The quantitative estimate of drug-likeness (QED) is 0.349. The third-order valence-electron chi connectivity index (χ3n) is 4.66. The summed E-state index contributed by atoms with van der Waals surface area (Å²) in [6.45, 7) is -0.145. The monoisotopic (exact) mass is 399 g/mol. The molecule has 0 N–H and O–H groups in total. The average molecular weight is 400 g/mol. The van der Waals surface area contributed by atoms with Crippen LogP contribution in [0.4, 0.5) is 5.69 Å². The van der Waals surface area contributed by atoms with Crippen molar-refractivity contribution in [3.8, 4) is 11.5 Å². The van der Waals surface area contributed by atoms with Gasteiger partial charge in [-0.2, -0.15) is 0 Å². The molecule has 8 nitrogen and oxygen atoms in total. The van der Waals surface area contributed by atoms with Crippen molar-refractivity contribution in [1.29, 1.82) is 0 Å². The highest BCUT2D eigenvalue weighted by Gasteiger charge is 2.52. The average Bonchev–Trinajstić information content (AvgIpc) is 3.38. The zero-order valence-corrected chi connectivity index (χ0v) is 15.3. The van der Waals surface area contributed by atoms with Crippen LogP contribution in [0.15, 0.2) is 52.9 Å². The molecule has 1 heterocycles. The molecule has 1 aliphatic carbocycles. The minimum Gasteiger partial charge on any atom is -0.455 e. The van der Waals surface area contributed by atoms with E-state index in [1.165, 1.54) is 24.3 Å². The van der Waals surface area contributed by atoms with E-state index in [2.05, 4.69) is 10.2 Å². The number of nitro benzene ring substituents is 1. The second kappa shape index (κ2) is 7.05. The Morgan fingerprint density at radius 1 is 1.14 bits per heavy atom. The van der Waals surface area contributed by atoms with E-state index in [-0.39, 0.29) is 30.0 Å². The van der Waals surface area contributed by atoms with E-state index in [1.807, 2.05) is 12.1 Å². The van der Waals surface area contributed by atoms with Gasteiger partial charge in [0.25, 0.3) is 11.6 Å². The Bertz CT molecular complexity index is 1030. The topological polar surface area (TPSA) is 108 Å². The van der Waals surface area contributed by atoms with Crippen LogP contribution in [-0.2, 0) is 21.6 Å². The lowest BCUT2D eigenvalue weighted by molar-refractivity contribution is -0.384. The molecule has 9 heteroatoms. The molecule has 142 valence electrons. The number of carbonyl (C=O) groups excluding carboxylic acids is 1. The second-order valence-corrected chi connectivity index (χ2v) is 6.91. The van der Waals surface area contributed by atoms with Gasteiger partial charge in [0, 0.05) is 22.7 Å². The van der Waals surface area contributed by atoms with Gasteiger partial charge in [-0.15, -0.1) is 10.2 Å². The summed E-state index contributed by atoms with van der Waals surface area (Å²) in [7, 11) is 0. The fourth-order valence-electron chi connectivity index (χ4n) is 2.92. The molecule has 0 aliphatic heterocycles. The third kappa shape index (κ3) is 3.46. The lowest BCUT2D eigenvalue weighted by Gasteiger charge is -2.14. The zero-order valence-electron chi connectivity index (χ0n) is 14.5. The highest BCUT2D eigenvalue weighted by atomic mass is 35.5. The van der Waals surface area contributed by atoms with Crippen LogP contribution in [0.5, 0.6) is 0 Å². The lowest BCUT2D eigenvalue weighted by Crippen LogP contribution is -2.23. The highest BCUT2D eigenvalue weighted by molar-refractivity contribution is 6.30. The molecule has 4 rings (SSSR count). The van der Waals surface area contributed by atoms with Crippen LogP contribution in [0.2, 0.25) is 5.02 Å². The summed E-state index contributed by atoms with van der Waals surface area (Å²) < 4.78 is 10.9. The van der Waals surface area contributed by atoms with Crippen LogP contribution in [0.1, 0.15) is 24.3 Å². The van der Waals surface area contributed by atoms with Gasteiger partial charge >= 0.3 is 5.97 Å². The molecule has 0 atom stereocenters. The number of esters is 1. The van der Waals surface area contributed by atoms with Gasteiger partial charge in [0.1, 0.15) is 0 Å². The lowest BCUT2D eigenvalue weighted by atomic mass is 9.96. The SMILES string of the molecule is O=C(OCc1nnc(-c2ccc([N+](=O)[O-])cc2)o1)C1(c2ccc(Cl)cc2)CC1. The number of non-ortho nitro benzene ring substituents is 1. The van der Waals surface area contributed by atoms with Crippen LogP contribution < -0.4 is 0 Å². The fourth-order valence-corrected chi connectivity index (χ4v) is 3.05. The Morgan fingerprint density at radius 2 is 1.82 bits per heavy atom. The minimum atomic E-state index is -0.633. The first-order valence-corrected chi connectivity index (χ1v) is 8.86. The molecular formula is C19H14ClN3O5. The van der Waals surface area contributed by atoms with Gasteiger partial charge in [-0.05, 0) is 42.7 Å². The van der Waals surface area contributed by atoms with Crippen LogP contribution in [-0.4, -0.2) is 21.1 Å². The number of carbonyl (C=O) groups is 1. The molecule has 0 spiro atoms. The third-order valence-corrected chi connectivity index (χ3v) is 4.91. The highest BCUT2D eigenvalue weighted by Crippen LogP contribution is 2.49. The van der Waals surface area contributed by atoms with E-state index < -0.39 is 10.3 Å². The predicted molar refractivity (Wildman–Crippen MR) is 98.5 cm³/mol. The maximum Gasteiger partial charge on any atom is 0.317 e. The first-order valence-electron chi connectivity index (χ1n) is 8.48. The minimum absolute atomic E-state index is 0.0330. The van der Waals surface area contributed by atoms with E-state index in [4.69, 9.17) is 20.8 Å². The van der Waals surface area contributed by atoms with E-state index in [1.54, 1.807) is 12.1 Å². The molecule has 2 aromatic carbocycles. The van der Waals surface area contributed by atoms with Crippen molar-refractivity contribution < 1.29 is 18.9 Å². The summed E-state index contributed by atoms with van der Waals surface area (Å²) in [6, 6.07) is 12.9. The number of nitrogens with zero attached hydrogens (tertiary/aromatic N) is 3. The van der Waals surface area contributed by atoms with Crippen LogP contribution in [0.3, 0.4) is 0 Å². The largest absolute Gasteiger partial charge is 0.455 e. The maximum absolute atomic E-state index is 12.6. The molecule has 0 radical (unpaired) electrons. The van der Waals surface area contributed by atoms with Gasteiger partial charge in [0.05, 0.1) is 10.3 Å². The van der Waals surface area contributed by atoms with E-state index in [9.17, 15) is 14.9 Å². The van der Waals surface area contributed by atoms with Crippen molar-refractivity contribution in [3.63, 3.8) is 0 Å². The van der Waals surface area contributed by atoms with Gasteiger partial charge < -0.3 is 9.15 Å². The van der Waals surface area contributed by atoms with Crippen LogP contribution in [0, 0.1) is 10.1 Å². The van der Waals surface area contributed by atoms with Gasteiger partial charge in [-0.1, -0.05) is 23.7 Å². The van der Waals surface area contributed by atoms with Crippen molar-refractivity contribution in [2.24, 2.45) is 0 Å². The molecule has 1 fully saturated rings. The molecule has 0 amide bonds. The molecule has 0 unspecified atom stereocenters. The van der Waals surface area contributed by atoms with E-state index in [0.29, 0.717) is 23.4 Å². The van der Waals surface area contributed by atoms with Crippen LogP contribution >= 0.6 is 11.6 Å². The van der Waals surface area contributed by atoms with Gasteiger partial charge in [-0.25, -0.2) is 0 Å². The number of benzene rings is 2. The van der Waals surface area contributed by atoms with Crippen molar-refractivity contribution in [1.82, 2.24) is 10.2 Å². The summed E-state index contributed by atoms with van der Waals surface area (Å²) in [5.74, 6) is -0.00157. The Kier molecular flexibility index (Phi) is 4.56. The van der Waals surface area contributed by atoms with Gasteiger partial charge in [0.2, 0.25) is 5.89 Å². The molecule has 28 heavy (non-hydrogen) atoms. The van der Waals surface area contributed by atoms with Crippen molar-refractivity contribution in [3.05, 3.63) is 75.1 Å². The summed E-state index contributed by atoms with van der Waals surface area (Å²) in [4.78, 5) is 22.8. The normalized spacial score (nSPS) is 14.5. The molecule has 3 aromatic rings. The molecule has 0 bridgehead atoms. The second-order valence-electron chi connectivity index (χ2n) is 6.47. The summed E-state index contributed by atoms with van der Waals surface area (Å²) in [5.41, 5.74) is 0.745. The summed E-state index contributed by atoms with van der Waals surface area (Å²) in [6.07, 6.45) is 1.43. The van der Waals surface area contributed by atoms with Crippen molar-refractivity contribution in [2.45, 2.75) is 24.9 Å². The predicted octanol–water partition coefficient (Wildman–Crippen LogP) is 4.07. The molecule has 1 aromatic heterocycles. The first kappa shape index (κ1) is 18.1. The number of aromatic nitrogens is 2. The standard InChI is InChI=1S/C19H14ClN3O5/c20-14-5-3-13(4-6-14)19(9-10-19)18(24)27-11-16-21-22-17(28-16)12-1-7-15(8-2-12)23(25)26/h1-8H,9-11H2.